The van der Waals surface area contributed by atoms with Crippen LogP contribution >= 0.6 is 11.6 Å². The molecule has 2 heterocycles. The zero-order valence-corrected chi connectivity index (χ0v) is 32.5. The second-order valence-corrected chi connectivity index (χ2v) is 14.4. The molecule has 2 fully saturated rings. The molecule has 2 saturated heterocycles. The molecule has 0 aromatic heterocycles. The summed E-state index contributed by atoms with van der Waals surface area (Å²) in [5, 5.41) is 24.4. The fourth-order valence-electron chi connectivity index (χ4n) is 4.65. The number of hydrogen-bond donors (Lipinski definition) is 1. The number of piperazine rings is 2. The summed E-state index contributed by atoms with van der Waals surface area (Å²) >= 11 is 5.33. The molecule has 2 aromatic rings. The monoisotopic (exact) mass is 798 g/mol. The van der Waals surface area contributed by atoms with E-state index in [2.05, 4.69) is 5.32 Å². The Bertz CT molecular complexity index is 1810. The van der Waals surface area contributed by atoms with Crippen LogP contribution in [0.25, 0.3) is 0 Å². The van der Waals surface area contributed by atoms with Crippen molar-refractivity contribution >= 4 is 58.4 Å². The van der Waals surface area contributed by atoms with Gasteiger partial charge in [0.1, 0.15) is 17.1 Å². The number of non-ortho nitro benzene ring substituents is 2. The minimum absolute atomic E-state index is 0.0336. The maximum absolute atomic E-state index is 12.8. The van der Waals surface area contributed by atoms with Crippen molar-refractivity contribution in [1.82, 2.24) is 20.0 Å². The second kappa shape index (κ2) is 21.1. The lowest BCUT2D eigenvalue weighted by atomic mass is 10.2. The number of halogens is 1. The van der Waals surface area contributed by atoms with Crippen molar-refractivity contribution in [3.05, 3.63) is 68.8 Å². The van der Waals surface area contributed by atoms with Crippen LogP contribution in [0.5, 0.6) is 0 Å². The van der Waals surface area contributed by atoms with Crippen LogP contribution in [0.3, 0.4) is 0 Å². The van der Waals surface area contributed by atoms with Crippen molar-refractivity contribution in [2.75, 3.05) is 88.5 Å². The number of nitrogens with one attached hydrogen (secondary N) is 1. The van der Waals surface area contributed by atoms with E-state index in [1.807, 2.05) is 20.8 Å². The lowest BCUT2D eigenvalue weighted by molar-refractivity contribution is -0.385. The molecule has 19 heteroatoms. The summed E-state index contributed by atoms with van der Waals surface area (Å²) in [4.78, 5) is 74.1. The fraction of sp³-hybridized carbons (Fsp3) is 0.556. The van der Waals surface area contributed by atoms with E-state index in [9.17, 15) is 39.4 Å². The highest BCUT2D eigenvalue weighted by atomic mass is 35.5. The highest BCUT2D eigenvalue weighted by Crippen LogP contribution is 2.20. The Morgan fingerprint density at radius 3 is 1.44 bits per heavy atom. The van der Waals surface area contributed by atoms with Crippen LogP contribution in [0.2, 0.25) is 0 Å². The maximum Gasteiger partial charge on any atom is 0.410 e. The van der Waals surface area contributed by atoms with Gasteiger partial charge in [-0.25, -0.2) is 9.59 Å². The average molecular weight is 799 g/mol. The van der Waals surface area contributed by atoms with Gasteiger partial charge in [-0.1, -0.05) is 0 Å². The van der Waals surface area contributed by atoms with Crippen LogP contribution in [0.1, 0.15) is 49.8 Å². The first-order valence-electron chi connectivity index (χ1n) is 20.1. The predicted octanol–water partition coefficient (Wildman–Crippen LogP) is 4.73. The summed E-state index contributed by atoms with van der Waals surface area (Å²) in [6.07, 6.45) is -0.627. The van der Waals surface area contributed by atoms with Crippen molar-refractivity contribution in [1.29, 1.82) is 0 Å². The van der Waals surface area contributed by atoms with Crippen molar-refractivity contribution in [2.45, 2.75) is 52.7 Å². The fourth-order valence-corrected chi connectivity index (χ4v) is 4.77. The predicted molar refractivity (Wildman–Crippen MR) is 209 cm³/mol. The number of carbonyl (C=O) groups excluding carboxylic acids is 4. The summed E-state index contributed by atoms with van der Waals surface area (Å²) in [7, 11) is 0. The molecule has 18 nitrogen and oxygen atoms in total. The Morgan fingerprint density at radius 1 is 0.709 bits per heavy atom. The molecule has 4 amide bonds. The van der Waals surface area contributed by atoms with Gasteiger partial charge >= 0.3 is 12.2 Å². The molecule has 0 atom stereocenters. The number of benzene rings is 2. The molecule has 304 valence electrons. The molecular weight excluding hydrogens is 740 g/mol. The third-order valence-electron chi connectivity index (χ3n) is 7.40. The number of nitro benzene ring substituents is 2. The van der Waals surface area contributed by atoms with Gasteiger partial charge in [0.05, 0.1) is 16.4 Å². The van der Waals surface area contributed by atoms with E-state index in [4.69, 9.17) is 29.3 Å². The first-order valence-corrected chi connectivity index (χ1v) is 17.7. The number of nitrogens with zero attached hydrogens (tertiary/aromatic N) is 7. The molecular formula is C36H53ClN8O10. The molecule has 0 unspecified atom stereocenters. The van der Waals surface area contributed by atoms with Crippen molar-refractivity contribution in [2.24, 2.45) is 0 Å². The van der Waals surface area contributed by atoms with Gasteiger partial charge in [-0.05, 0) is 65.8 Å². The minimum atomic E-state index is -2.74. The first kappa shape index (κ1) is 36.9. The zero-order valence-electron chi connectivity index (χ0n) is 37.8. The van der Waals surface area contributed by atoms with Crippen LogP contribution in [0.4, 0.5) is 32.3 Å². The standard InChI is InChI=1S/C18H26N4O5.C9H9ClN2O3.C9H18N2O2/c1-18(2,3)27-17(24)21-11-9-20(10-12-21)13-16(23)19(4)14-5-7-15(8-6-14)22(25)26;1-11(9(13)6-10)7-2-4-8(5-3-7)12(14)15;1-9(2,3)13-8(12)11-6-4-10-5-7-11/h5-8H,9-13H2,1-4H3;2-5H,6H2,1H3;10H,4-7H2,1-3H3/i4D3;1D3;. The molecule has 2 aliphatic rings. The largest absolute Gasteiger partial charge is 0.444 e. The first-order chi connectivity index (χ1) is 28.0. The van der Waals surface area contributed by atoms with E-state index in [0.717, 1.165) is 50.4 Å². The summed E-state index contributed by atoms with van der Waals surface area (Å²) in [5.41, 5.74) is -1.29. The Kier molecular flexibility index (Phi) is 14.2. The van der Waals surface area contributed by atoms with Gasteiger partial charge in [0.15, 0.2) is 0 Å². The van der Waals surface area contributed by atoms with E-state index >= 15 is 0 Å². The molecule has 0 aliphatic carbocycles. The summed E-state index contributed by atoms with van der Waals surface area (Å²) in [5.74, 6) is -1.95. The van der Waals surface area contributed by atoms with Crippen LogP contribution in [0, 0.1) is 20.2 Å². The Hall–Kier alpha value is -5.07. The third kappa shape index (κ3) is 16.5. The number of hydrogen-bond acceptors (Lipinski definition) is 12. The van der Waals surface area contributed by atoms with Crippen molar-refractivity contribution in [3.8, 4) is 0 Å². The average Bonchev–Trinajstić information content (AvgIpc) is 3.14. The Labute approximate surface area is 335 Å². The number of anilines is 2. The van der Waals surface area contributed by atoms with Gasteiger partial charge in [-0.15, -0.1) is 11.6 Å². The van der Waals surface area contributed by atoms with Gasteiger partial charge in [-0.2, -0.15) is 0 Å². The minimum Gasteiger partial charge on any atom is -0.444 e. The second-order valence-electron chi connectivity index (χ2n) is 14.1. The quantitative estimate of drug-likeness (QED) is 0.230. The topological polar surface area (TPSA) is 201 Å². The van der Waals surface area contributed by atoms with Crippen LogP contribution in [0.15, 0.2) is 48.5 Å². The number of amides is 4. The van der Waals surface area contributed by atoms with E-state index < -0.39 is 53.2 Å². The number of nitro groups is 2. The van der Waals surface area contributed by atoms with Crippen LogP contribution in [-0.4, -0.2) is 138 Å². The summed E-state index contributed by atoms with van der Waals surface area (Å²) < 4.78 is 55.4. The van der Waals surface area contributed by atoms with Crippen LogP contribution < -0.4 is 15.1 Å². The Balaban J connectivity index is 0.000000349. The lowest BCUT2D eigenvalue weighted by Gasteiger charge is -2.35. The SMILES string of the molecule is CC(C)(C)OC(=O)N1CCNCC1.[2H]C([2H])([2H])N(C(=O)CCl)c1ccc([N+](=O)[O-])cc1.[2H]C([2H])([2H])N(C(=O)CN1CCN(C(=O)OC(C)(C)C)CC1)c1ccc([N+](=O)[O-])cc1. The van der Waals surface area contributed by atoms with Gasteiger partial charge in [-0.3, -0.25) is 34.7 Å². The van der Waals surface area contributed by atoms with Crippen LogP contribution in [-0.2, 0) is 19.1 Å². The third-order valence-corrected chi connectivity index (χ3v) is 7.63. The lowest BCUT2D eigenvalue weighted by Crippen LogP contribution is -2.52. The molecule has 4 rings (SSSR count). The number of rotatable bonds is 7. The number of alkyl halides is 1. The number of ether oxygens (including phenoxy) is 2. The summed E-state index contributed by atoms with van der Waals surface area (Å²) in [6.45, 7) is 10.1. The highest BCUT2D eigenvalue weighted by Gasteiger charge is 2.27. The zero-order chi connectivity index (χ0) is 46.5. The molecule has 1 N–H and O–H groups in total. The van der Waals surface area contributed by atoms with Gasteiger partial charge in [0, 0.05) is 110 Å². The number of carbonyl (C=O) groups is 4. The van der Waals surface area contributed by atoms with E-state index in [-0.39, 0.29) is 41.0 Å². The molecule has 2 aromatic carbocycles. The molecule has 0 radical (unpaired) electrons. The van der Waals surface area contributed by atoms with Gasteiger partial charge < -0.3 is 34.4 Å². The molecule has 0 spiro atoms. The Morgan fingerprint density at radius 2 is 1.09 bits per heavy atom. The van der Waals surface area contributed by atoms with Crippen molar-refractivity contribution < 1.29 is 46.7 Å². The molecule has 0 saturated carbocycles. The van der Waals surface area contributed by atoms with E-state index in [1.54, 1.807) is 35.5 Å². The smallest absolute Gasteiger partial charge is 0.410 e. The van der Waals surface area contributed by atoms with E-state index in [0.29, 0.717) is 36.0 Å². The van der Waals surface area contributed by atoms with Crippen molar-refractivity contribution in [3.63, 3.8) is 0 Å². The summed E-state index contributed by atoms with van der Waals surface area (Å²) in [6, 6.07) is 9.41. The van der Waals surface area contributed by atoms with E-state index in [1.165, 1.54) is 24.3 Å². The molecule has 55 heavy (non-hydrogen) atoms. The number of likely N-dealkylation sites (N-methyl/N-ethyl adjacent to an activating group) is 1. The maximum atomic E-state index is 12.8. The van der Waals surface area contributed by atoms with Gasteiger partial charge in [0.25, 0.3) is 11.4 Å². The molecule has 2 aliphatic heterocycles. The highest BCUT2D eigenvalue weighted by molar-refractivity contribution is 6.29. The molecule has 0 bridgehead atoms. The van der Waals surface area contributed by atoms with Gasteiger partial charge in [0.2, 0.25) is 11.8 Å². The normalized spacial score (nSPS) is 16.6.